The predicted octanol–water partition coefficient (Wildman–Crippen LogP) is 2.61. The van der Waals surface area contributed by atoms with Gasteiger partial charge in [0, 0.05) is 18.4 Å². The first-order chi connectivity index (χ1) is 9.70. The maximum atomic E-state index is 11.9. The number of halogens is 1. The van der Waals surface area contributed by atoms with Gasteiger partial charge in [-0.25, -0.2) is 4.98 Å². The first-order valence-corrected chi connectivity index (χ1v) is 6.86. The third-order valence-corrected chi connectivity index (χ3v) is 3.49. The number of hydrogen-bond acceptors (Lipinski definition) is 4. The summed E-state index contributed by atoms with van der Waals surface area (Å²) in [4.78, 5) is 15.8. The monoisotopic (exact) mass is 290 g/mol. The molecule has 1 saturated carbocycles. The Bertz CT molecular complexity index is 559. The SMILES string of the molecule is N#C/C(=C/Nc1cccnc1Cl)C(=O)NC1CCCC1. The second-order valence-electron chi connectivity index (χ2n) is 4.61. The number of pyridine rings is 1. The van der Waals surface area contributed by atoms with Crippen LogP contribution in [0.1, 0.15) is 25.7 Å². The highest BCUT2D eigenvalue weighted by Gasteiger charge is 2.19. The molecule has 5 nitrogen and oxygen atoms in total. The largest absolute Gasteiger partial charge is 0.358 e. The first-order valence-electron chi connectivity index (χ1n) is 6.49. The Labute approximate surface area is 122 Å². The number of amides is 1. The van der Waals surface area contributed by atoms with E-state index in [1.54, 1.807) is 18.3 Å². The van der Waals surface area contributed by atoms with Crippen molar-refractivity contribution in [2.75, 3.05) is 5.32 Å². The standard InChI is InChI=1S/C14H15ClN4O/c15-13-12(6-3-7-17-13)18-9-10(8-16)14(20)19-11-4-1-2-5-11/h3,6-7,9,11,18H,1-2,4-5H2,(H,19,20)/b10-9-. The molecule has 104 valence electrons. The molecule has 0 aromatic carbocycles. The fraction of sp³-hybridized carbons (Fsp3) is 0.357. The molecule has 1 aromatic heterocycles. The fourth-order valence-corrected chi connectivity index (χ4v) is 2.30. The van der Waals surface area contributed by atoms with Crippen molar-refractivity contribution in [3.05, 3.63) is 35.3 Å². The second-order valence-corrected chi connectivity index (χ2v) is 4.97. The van der Waals surface area contributed by atoms with Crippen LogP contribution in [-0.2, 0) is 4.79 Å². The minimum atomic E-state index is -0.355. The molecule has 1 aliphatic carbocycles. The van der Waals surface area contributed by atoms with Gasteiger partial charge < -0.3 is 10.6 Å². The molecule has 1 aromatic rings. The highest BCUT2D eigenvalue weighted by Crippen LogP contribution is 2.19. The van der Waals surface area contributed by atoms with Crippen molar-refractivity contribution >= 4 is 23.2 Å². The van der Waals surface area contributed by atoms with Gasteiger partial charge in [0.2, 0.25) is 0 Å². The first kappa shape index (κ1) is 14.4. The smallest absolute Gasteiger partial charge is 0.263 e. The van der Waals surface area contributed by atoms with Crippen molar-refractivity contribution in [3.8, 4) is 6.07 Å². The topological polar surface area (TPSA) is 77.8 Å². The average Bonchev–Trinajstić information content (AvgIpc) is 2.94. The van der Waals surface area contributed by atoms with Crippen LogP contribution in [0, 0.1) is 11.3 Å². The van der Waals surface area contributed by atoms with Gasteiger partial charge in [0.15, 0.2) is 5.15 Å². The third kappa shape index (κ3) is 3.72. The molecule has 0 saturated heterocycles. The van der Waals surface area contributed by atoms with Crippen LogP contribution in [0.3, 0.4) is 0 Å². The van der Waals surface area contributed by atoms with Gasteiger partial charge in [-0.3, -0.25) is 4.79 Å². The summed E-state index contributed by atoms with van der Waals surface area (Å²) in [7, 11) is 0. The van der Waals surface area contributed by atoms with E-state index < -0.39 is 0 Å². The lowest BCUT2D eigenvalue weighted by molar-refractivity contribution is -0.117. The van der Waals surface area contributed by atoms with Crippen LogP contribution in [-0.4, -0.2) is 16.9 Å². The summed E-state index contributed by atoms with van der Waals surface area (Å²) in [5.74, 6) is -0.355. The zero-order valence-electron chi connectivity index (χ0n) is 10.9. The van der Waals surface area contributed by atoms with Crippen molar-refractivity contribution in [1.82, 2.24) is 10.3 Å². The quantitative estimate of drug-likeness (QED) is 0.507. The van der Waals surface area contributed by atoms with Crippen molar-refractivity contribution in [1.29, 1.82) is 5.26 Å². The molecule has 6 heteroatoms. The summed E-state index contributed by atoms with van der Waals surface area (Å²) in [6.07, 6.45) is 7.13. The molecule has 2 rings (SSSR count). The Morgan fingerprint density at radius 1 is 1.50 bits per heavy atom. The van der Waals surface area contributed by atoms with Crippen molar-refractivity contribution in [2.45, 2.75) is 31.7 Å². The number of hydrogen-bond donors (Lipinski definition) is 2. The summed E-state index contributed by atoms with van der Waals surface area (Å²) in [6, 6.07) is 5.50. The van der Waals surface area contributed by atoms with E-state index in [1.807, 2.05) is 6.07 Å². The molecule has 0 radical (unpaired) electrons. The minimum absolute atomic E-state index is 0.0248. The second kappa shape index (κ2) is 6.92. The van der Waals surface area contributed by atoms with Gasteiger partial charge in [0.1, 0.15) is 11.6 Å². The highest BCUT2D eigenvalue weighted by molar-refractivity contribution is 6.32. The van der Waals surface area contributed by atoms with E-state index in [0.29, 0.717) is 5.69 Å². The fourth-order valence-electron chi connectivity index (χ4n) is 2.13. The van der Waals surface area contributed by atoms with Crippen LogP contribution in [0.5, 0.6) is 0 Å². The zero-order valence-corrected chi connectivity index (χ0v) is 11.7. The van der Waals surface area contributed by atoms with E-state index in [-0.39, 0.29) is 22.7 Å². The van der Waals surface area contributed by atoms with E-state index >= 15 is 0 Å². The van der Waals surface area contributed by atoms with Crippen LogP contribution < -0.4 is 10.6 Å². The molecular formula is C14H15ClN4O. The predicted molar refractivity (Wildman–Crippen MR) is 77.0 cm³/mol. The van der Waals surface area contributed by atoms with Gasteiger partial charge in [-0.1, -0.05) is 24.4 Å². The zero-order chi connectivity index (χ0) is 14.4. The molecule has 0 atom stereocenters. The lowest BCUT2D eigenvalue weighted by Crippen LogP contribution is -2.33. The third-order valence-electron chi connectivity index (χ3n) is 3.19. The Kier molecular flexibility index (Phi) is 4.97. The van der Waals surface area contributed by atoms with Crippen LogP contribution in [0.15, 0.2) is 30.1 Å². The summed E-state index contributed by atoms with van der Waals surface area (Å²) in [6.45, 7) is 0. The van der Waals surface area contributed by atoms with Gasteiger partial charge in [-0.15, -0.1) is 0 Å². The Balaban J connectivity index is 2.00. The molecule has 0 bridgehead atoms. The molecule has 20 heavy (non-hydrogen) atoms. The van der Waals surface area contributed by atoms with E-state index in [2.05, 4.69) is 15.6 Å². The number of carbonyl (C=O) groups excluding carboxylic acids is 1. The molecule has 0 aliphatic heterocycles. The summed E-state index contributed by atoms with van der Waals surface area (Å²) < 4.78 is 0. The van der Waals surface area contributed by atoms with Gasteiger partial charge >= 0.3 is 0 Å². The summed E-state index contributed by atoms with van der Waals surface area (Å²) in [5.41, 5.74) is 0.576. The van der Waals surface area contributed by atoms with Crippen molar-refractivity contribution in [3.63, 3.8) is 0 Å². The molecule has 0 spiro atoms. The summed E-state index contributed by atoms with van der Waals surface area (Å²) in [5, 5.41) is 15.0. The highest BCUT2D eigenvalue weighted by atomic mass is 35.5. The van der Waals surface area contributed by atoms with Crippen molar-refractivity contribution in [2.24, 2.45) is 0 Å². The Hall–Kier alpha value is -2.06. The minimum Gasteiger partial charge on any atom is -0.358 e. The maximum absolute atomic E-state index is 11.9. The van der Waals surface area contributed by atoms with Crippen LogP contribution in [0.2, 0.25) is 5.15 Å². The molecule has 1 aliphatic rings. The Morgan fingerprint density at radius 3 is 2.90 bits per heavy atom. The molecule has 1 amide bonds. The van der Waals surface area contributed by atoms with Gasteiger partial charge in [0.05, 0.1) is 5.69 Å². The van der Waals surface area contributed by atoms with E-state index in [1.165, 1.54) is 6.20 Å². The molecule has 1 fully saturated rings. The van der Waals surface area contributed by atoms with Crippen LogP contribution in [0.4, 0.5) is 5.69 Å². The van der Waals surface area contributed by atoms with Crippen LogP contribution in [0.25, 0.3) is 0 Å². The molecule has 2 N–H and O–H groups in total. The normalized spacial score (nSPS) is 15.7. The number of nitriles is 1. The molecule has 1 heterocycles. The van der Waals surface area contributed by atoms with Gasteiger partial charge in [-0.2, -0.15) is 5.26 Å². The van der Waals surface area contributed by atoms with E-state index in [4.69, 9.17) is 16.9 Å². The number of aromatic nitrogens is 1. The van der Waals surface area contributed by atoms with Gasteiger partial charge in [0.25, 0.3) is 5.91 Å². The lowest BCUT2D eigenvalue weighted by atomic mass is 10.2. The lowest BCUT2D eigenvalue weighted by Gasteiger charge is -2.11. The summed E-state index contributed by atoms with van der Waals surface area (Å²) >= 11 is 5.88. The van der Waals surface area contributed by atoms with Gasteiger partial charge in [-0.05, 0) is 25.0 Å². The molecule has 0 unspecified atom stereocenters. The average molecular weight is 291 g/mol. The van der Waals surface area contributed by atoms with E-state index in [9.17, 15) is 4.79 Å². The number of carbonyl (C=O) groups is 1. The number of nitrogens with zero attached hydrogens (tertiary/aromatic N) is 2. The number of rotatable bonds is 4. The van der Waals surface area contributed by atoms with Crippen molar-refractivity contribution < 1.29 is 4.79 Å². The number of anilines is 1. The number of nitrogens with one attached hydrogen (secondary N) is 2. The Morgan fingerprint density at radius 2 is 2.25 bits per heavy atom. The van der Waals surface area contributed by atoms with E-state index in [0.717, 1.165) is 25.7 Å². The molecular weight excluding hydrogens is 276 g/mol. The maximum Gasteiger partial charge on any atom is 0.263 e. The van der Waals surface area contributed by atoms with Crippen LogP contribution >= 0.6 is 11.6 Å².